The van der Waals surface area contributed by atoms with Crippen LogP contribution in [-0.4, -0.2) is 130 Å². The Balaban J connectivity index is 0.00000228. The minimum Gasteiger partial charge on any atom is -0.497 e. The van der Waals surface area contributed by atoms with Gasteiger partial charge in [0, 0.05) is 27.1 Å². The zero-order valence-electron chi connectivity index (χ0n) is 38.0. The van der Waals surface area contributed by atoms with Crippen molar-refractivity contribution in [3.63, 3.8) is 0 Å². The van der Waals surface area contributed by atoms with Crippen molar-refractivity contribution in [3.8, 4) is 22.6 Å². The van der Waals surface area contributed by atoms with Crippen LogP contribution in [0.4, 0.5) is 0 Å². The molecule has 13 N–H and O–H groups in total. The summed E-state index contributed by atoms with van der Waals surface area (Å²) in [5, 5.41) is 33.4. The fourth-order valence-corrected chi connectivity index (χ4v) is 6.00. The van der Waals surface area contributed by atoms with Gasteiger partial charge in [0.25, 0.3) is 0 Å². The van der Waals surface area contributed by atoms with Gasteiger partial charge in [-0.1, -0.05) is 49.4 Å². The van der Waals surface area contributed by atoms with Crippen LogP contribution in [0.3, 0.4) is 0 Å². The van der Waals surface area contributed by atoms with Gasteiger partial charge < -0.3 is 72.9 Å². The number of methoxy groups -OCH3 is 1. The average Bonchev–Trinajstić information content (AvgIpc) is 3.32. The third-order valence-electron chi connectivity index (χ3n) is 9.62. The molecule has 0 spiro atoms. The monoisotopic (exact) mass is 898 g/mol. The first-order valence-corrected chi connectivity index (χ1v) is 21.1. The maximum Gasteiger partial charge on any atom is 0.243 e. The Kier molecular flexibility index (Phi) is 31.6. The van der Waals surface area contributed by atoms with Crippen LogP contribution in [0, 0.1) is 0 Å². The second-order valence-corrected chi connectivity index (χ2v) is 14.1. The van der Waals surface area contributed by atoms with E-state index in [2.05, 4.69) is 28.2 Å². The highest BCUT2D eigenvalue weighted by molar-refractivity contribution is 5.93. The number of nitrogens with one attached hydrogen (secondary N) is 4. The number of unbranched alkanes of at least 4 members (excludes halogenated alkanes) is 1. The summed E-state index contributed by atoms with van der Waals surface area (Å²) < 4.78 is 11.1. The number of carbonyl (C=O) groups excluding carboxylic acids is 6. The van der Waals surface area contributed by atoms with Crippen LogP contribution in [0.1, 0.15) is 62.6 Å². The van der Waals surface area contributed by atoms with Crippen molar-refractivity contribution in [2.24, 2.45) is 17.2 Å². The maximum absolute atomic E-state index is 13.6. The molecule has 0 aromatic heterocycles. The van der Waals surface area contributed by atoms with Gasteiger partial charge in [-0.15, -0.1) is 0 Å². The Hall–Kier alpha value is -5.76. The third-order valence-corrected chi connectivity index (χ3v) is 9.62. The largest absolute Gasteiger partial charge is 0.497 e. The molecule has 0 bridgehead atoms. The molecule has 4 unspecified atom stereocenters. The van der Waals surface area contributed by atoms with Crippen molar-refractivity contribution in [1.29, 1.82) is 0 Å². The molecule has 0 saturated carbocycles. The molecule has 18 nitrogen and oxygen atoms in total. The van der Waals surface area contributed by atoms with Crippen LogP contribution in [0.2, 0.25) is 0 Å². The van der Waals surface area contributed by atoms with Crippen molar-refractivity contribution in [3.05, 3.63) is 83.4 Å². The topological polar surface area (TPSA) is 308 Å². The first-order chi connectivity index (χ1) is 30.8. The SMILES string of the molecule is CC(O)C(N)C(=O)NCC=O.CCc1cc(OC)ccc1-c1ccc(C[C@H](NC(=O)C(CC=O)NC)C(=O)NC(CCCc2ccc(OCCCCN)cc2)C(N)=O)cc1.CO.CO. The Bertz CT molecular complexity index is 1800. The summed E-state index contributed by atoms with van der Waals surface area (Å²) in [5.74, 6) is -0.650. The van der Waals surface area contributed by atoms with Gasteiger partial charge in [-0.05, 0) is 111 Å². The van der Waals surface area contributed by atoms with E-state index < -0.39 is 53.9 Å². The second kappa shape index (κ2) is 34.7. The van der Waals surface area contributed by atoms with Crippen molar-refractivity contribution in [1.82, 2.24) is 21.3 Å². The normalized spacial score (nSPS) is 12.5. The molecule has 18 heteroatoms. The van der Waals surface area contributed by atoms with Crippen LogP contribution in [0.25, 0.3) is 11.1 Å². The Morgan fingerprint density at radius 2 is 1.38 bits per heavy atom. The molecule has 3 aromatic carbocycles. The van der Waals surface area contributed by atoms with Gasteiger partial charge in [0.2, 0.25) is 23.6 Å². The fourth-order valence-electron chi connectivity index (χ4n) is 6.00. The Morgan fingerprint density at radius 1 is 0.781 bits per heavy atom. The first kappa shape index (κ1) is 58.2. The highest BCUT2D eigenvalue weighted by Gasteiger charge is 2.28. The number of aryl methyl sites for hydroxylation is 2. The second-order valence-electron chi connectivity index (χ2n) is 14.1. The van der Waals surface area contributed by atoms with E-state index >= 15 is 0 Å². The molecule has 3 rings (SSSR count). The quantitative estimate of drug-likeness (QED) is 0.0387. The number of aliphatic hydroxyl groups is 3. The number of ether oxygens (including phenoxy) is 2. The minimum absolute atomic E-state index is 0.0572. The van der Waals surface area contributed by atoms with Crippen molar-refractivity contribution < 1.29 is 53.6 Å². The van der Waals surface area contributed by atoms with Gasteiger partial charge in [0.05, 0.1) is 32.4 Å². The van der Waals surface area contributed by atoms with Gasteiger partial charge in [0.15, 0.2) is 0 Å². The lowest BCUT2D eigenvalue weighted by Gasteiger charge is -2.24. The van der Waals surface area contributed by atoms with Crippen LogP contribution in [0.5, 0.6) is 11.5 Å². The number of aldehydes is 2. The summed E-state index contributed by atoms with van der Waals surface area (Å²) in [4.78, 5) is 70.8. The number of amides is 4. The van der Waals surface area contributed by atoms with Gasteiger partial charge in [-0.25, -0.2) is 0 Å². The number of hydrogen-bond acceptors (Lipinski definition) is 14. The zero-order valence-corrected chi connectivity index (χ0v) is 38.0. The molecule has 0 fully saturated rings. The number of likely N-dealkylation sites (N-methyl/N-ethyl adjacent to an activating group) is 1. The Labute approximate surface area is 377 Å². The third kappa shape index (κ3) is 22.0. The van der Waals surface area contributed by atoms with E-state index in [1.54, 1.807) is 14.2 Å². The molecule has 356 valence electrons. The summed E-state index contributed by atoms with van der Waals surface area (Å²) in [6.07, 6.45) is 4.61. The number of hydrogen-bond donors (Lipinski definition) is 10. The molecular weight excluding hydrogens is 827 g/mol. The molecule has 0 heterocycles. The predicted octanol–water partition coefficient (Wildman–Crippen LogP) is 0.466. The standard InChI is InChI=1S/C38H51N5O6.C6H12N2O3.2CH4O/c1-4-28-25-31(48-3)18-19-32(28)29-14-10-27(11-15-29)24-35(43-37(46)34(41-2)20-22-44)38(47)42-33(36(40)45)9-7-8-26-12-16-30(17-13-26)49-23-6-5-21-39;1-4(10)5(7)6(11)8-2-3-9;2*1-2/h10-19,22,25,33-35,41H,4-9,20-21,23-24,39H2,1-3H3,(H2,40,45)(H,42,47)(H,43,46);3-5,10H,2,7H2,1H3,(H,8,11);2*2H,1H3/t33?,34?,35-;;;/m0.../s1. The fraction of sp³-hybridized carbons (Fsp3) is 0.478. The molecule has 5 atom stereocenters. The number of benzene rings is 3. The predicted molar refractivity (Wildman–Crippen MR) is 246 cm³/mol. The number of nitrogens with two attached hydrogens (primary N) is 3. The molecule has 0 aliphatic carbocycles. The summed E-state index contributed by atoms with van der Waals surface area (Å²) >= 11 is 0. The van der Waals surface area contributed by atoms with Crippen LogP contribution in [0.15, 0.2) is 66.7 Å². The van der Waals surface area contributed by atoms with Crippen molar-refractivity contribution in [2.45, 2.75) is 95.5 Å². The Morgan fingerprint density at radius 3 is 1.91 bits per heavy atom. The number of primary amides is 1. The lowest BCUT2D eigenvalue weighted by Crippen LogP contribution is -2.56. The number of rotatable bonds is 26. The zero-order chi connectivity index (χ0) is 48.5. The molecule has 0 aliphatic heterocycles. The van der Waals surface area contributed by atoms with Crippen LogP contribution in [-0.2, 0) is 48.0 Å². The minimum atomic E-state index is -1.02. The lowest BCUT2D eigenvalue weighted by atomic mass is 9.95. The van der Waals surface area contributed by atoms with Crippen LogP contribution >= 0.6 is 0 Å². The van der Waals surface area contributed by atoms with Crippen molar-refractivity contribution in [2.75, 3.05) is 48.1 Å². The summed E-state index contributed by atoms with van der Waals surface area (Å²) in [6, 6.07) is 17.8. The highest BCUT2D eigenvalue weighted by atomic mass is 16.5. The number of carbonyl (C=O) groups is 6. The average molecular weight is 898 g/mol. The molecular formula is C46H71N7O11. The highest BCUT2D eigenvalue weighted by Crippen LogP contribution is 2.28. The summed E-state index contributed by atoms with van der Waals surface area (Å²) in [6.45, 7) is 4.67. The van der Waals surface area contributed by atoms with E-state index in [-0.39, 0.29) is 19.4 Å². The lowest BCUT2D eigenvalue weighted by molar-refractivity contribution is -0.132. The number of aliphatic hydroxyl groups excluding tert-OH is 3. The van der Waals surface area contributed by atoms with Crippen molar-refractivity contribution >= 4 is 36.2 Å². The van der Waals surface area contributed by atoms with Gasteiger partial charge in [-0.2, -0.15) is 0 Å². The molecule has 0 saturated heterocycles. The van der Waals surface area contributed by atoms with Gasteiger partial charge >= 0.3 is 0 Å². The summed E-state index contributed by atoms with van der Waals surface area (Å²) in [7, 11) is 5.21. The molecule has 3 aromatic rings. The van der Waals surface area contributed by atoms with E-state index in [1.165, 1.54) is 6.92 Å². The van der Waals surface area contributed by atoms with E-state index in [0.717, 1.165) is 72.8 Å². The van der Waals surface area contributed by atoms with E-state index in [1.807, 2.05) is 66.7 Å². The molecule has 4 amide bonds. The maximum atomic E-state index is 13.6. The van der Waals surface area contributed by atoms with E-state index in [0.29, 0.717) is 45.0 Å². The van der Waals surface area contributed by atoms with Gasteiger partial charge in [0.1, 0.15) is 42.2 Å². The molecule has 0 radical (unpaired) electrons. The molecule has 0 aliphatic rings. The van der Waals surface area contributed by atoms with E-state index in [9.17, 15) is 28.8 Å². The first-order valence-electron chi connectivity index (χ1n) is 21.1. The molecule has 64 heavy (non-hydrogen) atoms. The summed E-state index contributed by atoms with van der Waals surface area (Å²) in [5.41, 5.74) is 21.5. The van der Waals surface area contributed by atoms with Crippen LogP contribution < -0.4 is 47.9 Å². The van der Waals surface area contributed by atoms with Gasteiger partial charge in [-0.3, -0.25) is 19.2 Å². The van der Waals surface area contributed by atoms with E-state index in [4.69, 9.17) is 42.0 Å². The smallest absolute Gasteiger partial charge is 0.243 e.